The molecule has 3 heteroatoms. The average molecular weight is 205 g/mol. The fraction of sp³-hybridized carbons (Fsp3) is 0.500. The quantitative estimate of drug-likeness (QED) is 0.743. The molecule has 0 radical (unpaired) electrons. The number of carbonyl (C=O) groups excluding carboxylic acids is 1. The molecule has 0 bridgehead atoms. The average Bonchev–Trinajstić information content (AvgIpc) is 2.29. The van der Waals surface area contributed by atoms with E-state index in [1.54, 1.807) is 13.3 Å². The van der Waals surface area contributed by atoms with Crippen molar-refractivity contribution in [3.05, 3.63) is 23.9 Å². The normalized spacial score (nSPS) is 21.4. The lowest BCUT2D eigenvalue weighted by atomic mass is 9.84. The minimum absolute atomic E-state index is 0.301. The number of rotatable bonds is 2. The van der Waals surface area contributed by atoms with Gasteiger partial charge in [0.25, 0.3) is 0 Å². The van der Waals surface area contributed by atoms with Crippen LogP contribution < -0.4 is 4.74 Å². The van der Waals surface area contributed by atoms with Crippen LogP contribution in [0.25, 0.3) is 0 Å². The van der Waals surface area contributed by atoms with E-state index in [9.17, 15) is 4.79 Å². The van der Waals surface area contributed by atoms with Crippen LogP contribution in [0.5, 0.6) is 5.88 Å². The standard InChI is InChI=1S/C12H15NO2/c1-15-12-11(6-3-7-13-12)9-4-2-5-10(14)8-9/h3,6-7,9H,2,4-5,8H2,1H3. The van der Waals surface area contributed by atoms with Gasteiger partial charge in [-0.05, 0) is 24.8 Å². The van der Waals surface area contributed by atoms with E-state index in [2.05, 4.69) is 4.98 Å². The third-order valence-corrected chi connectivity index (χ3v) is 2.92. The number of hydrogen-bond donors (Lipinski definition) is 0. The Bertz CT molecular complexity index is 362. The third kappa shape index (κ3) is 2.17. The van der Waals surface area contributed by atoms with Crippen LogP contribution in [0.1, 0.15) is 37.2 Å². The van der Waals surface area contributed by atoms with Gasteiger partial charge in [-0.25, -0.2) is 4.98 Å². The Morgan fingerprint density at radius 3 is 3.13 bits per heavy atom. The van der Waals surface area contributed by atoms with Crippen LogP contribution in [-0.4, -0.2) is 17.9 Å². The molecule has 1 atom stereocenters. The second-order valence-corrected chi connectivity index (χ2v) is 3.93. The Morgan fingerprint density at radius 2 is 2.40 bits per heavy atom. The number of pyridine rings is 1. The molecule has 0 saturated heterocycles. The third-order valence-electron chi connectivity index (χ3n) is 2.92. The molecule has 0 spiro atoms. The van der Waals surface area contributed by atoms with Gasteiger partial charge in [0.05, 0.1) is 7.11 Å². The Kier molecular flexibility index (Phi) is 2.99. The molecular weight excluding hydrogens is 190 g/mol. The summed E-state index contributed by atoms with van der Waals surface area (Å²) in [5, 5.41) is 0. The Balaban J connectivity index is 2.24. The molecule has 0 N–H and O–H groups in total. The topological polar surface area (TPSA) is 39.2 Å². The van der Waals surface area contributed by atoms with Crippen molar-refractivity contribution in [1.82, 2.24) is 4.98 Å². The highest BCUT2D eigenvalue weighted by atomic mass is 16.5. The lowest BCUT2D eigenvalue weighted by Gasteiger charge is -2.22. The minimum Gasteiger partial charge on any atom is -0.481 e. The summed E-state index contributed by atoms with van der Waals surface area (Å²) in [5.41, 5.74) is 1.08. The van der Waals surface area contributed by atoms with Gasteiger partial charge in [0.2, 0.25) is 5.88 Å². The maximum absolute atomic E-state index is 11.4. The Labute approximate surface area is 89.5 Å². The van der Waals surface area contributed by atoms with E-state index in [1.807, 2.05) is 12.1 Å². The van der Waals surface area contributed by atoms with Crippen LogP contribution in [0.4, 0.5) is 0 Å². The molecule has 1 aliphatic carbocycles. The Morgan fingerprint density at radius 1 is 1.53 bits per heavy atom. The summed E-state index contributed by atoms with van der Waals surface area (Å²) in [5.74, 6) is 1.32. The van der Waals surface area contributed by atoms with E-state index in [0.717, 1.165) is 24.8 Å². The first-order valence-corrected chi connectivity index (χ1v) is 5.32. The van der Waals surface area contributed by atoms with Crippen molar-refractivity contribution in [3.8, 4) is 5.88 Å². The maximum atomic E-state index is 11.4. The summed E-state index contributed by atoms with van der Waals surface area (Å²) in [7, 11) is 1.62. The van der Waals surface area contributed by atoms with Crippen LogP contribution in [-0.2, 0) is 4.79 Å². The molecule has 3 nitrogen and oxygen atoms in total. The highest BCUT2D eigenvalue weighted by Gasteiger charge is 2.23. The number of aromatic nitrogens is 1. The summed E-state index contributed by atoms with van der Waals surface area (Å²) in [6, 6.07) is 3.91. The van der Waals surface area contributed by atoms with E-state index in [-0.39, 0.29) is 0 Å². The van der Waals surface area contributed by atoms with E-state index < -0.39 is 0 Å². The van der Waals surface area contributed by atoms with Crippen molar-refractivity contribution in [1.29, 1.82) is 0 Å². The lowest BCUT2D eigenvalue weighted by Crippen LogP contribution is -2.14. The molecule has 1 fully saturated rings. The van der Waals surface area contributed by atoms with Crippen LogP contribution in [0.3, 0.4) is 0 Å². The molecule has 15 heavy (non-hydrogen) atoms. The second kappa shape index (κ2) is 4.43. The number of ether oxygens (including phenoxy) is 1. The minimum atomic E-state index is 0.301. The molecule has 1 unspecified atom stereocenters. The largest absolute Gasteiger partial charge is 0.481 e. The SMILES string of the molecule is COc1ncccc1C1CCCC(=O)C1. The van der Waals surface area contributed by atoms with Crippen molar-refractivity contribution in [2.45, 2.75) is 31.6 Å². The molecule has 2 rings (SSSR count). The van der Waals surface area contributed by atoms with E-state index in [0.29, 0.717) is 24.0 Å². The van der Waals surface area contributed by atoms with Crippen LogP contribution in [0, 0.1) is 0 Å². The van der Waals surface area contributed by atoms with E-state index in [4.69, 9.17) is 4.74 Å². The number of hydrogen-bond acceptors (Lipinski definition) is 3. The molecule has 1 aromatic heterocycles. The molecule has 1 saturated carbocycles. The Hall–Kier alpha value is -1.38. The van der Waals surface area contributed by atoms with Crippen LogP contribution >= 0.6 is 0 Å². The van der Waals surface area contributed by atoms with Gasteiger partial charge in [-0.1, -0.05) is 6.07 Å². The number of carbonyl (C=O) groups is 1. The van der Waals surface area contributed by atoms with Crippen molar-refractivity contribution in [2.24, 2.45) is 0 Å². The highest BCUT2D eigenvalue weighted by Crippen LogP contribution is 2.34. The van der Waals surface area contributed by atoms with Crippen LogP contribution in [0.2, 0.25) is 0 Å². The molecule has 1 aromatic rings. The zero-order chi connectivity index (χ0) is 10.7. The summed E-state index contributed by atoms with van der Waals surface area (Å²) in [4.78, 5) is 15.5. The predicted molar refractivity (Wildman–Crippen MR) is 57.0 cm³/mol. The highest BCUT2D eigenvalue weighted by molar-refractivity contribution is 5.80. The zero-order valence-corrected chi connectivity index (χ0v) is 8.90. The van der Waals surface area contributed by atoms with Crippen molar-refractivity contribution < 1.29 is 9.53 Å². The lowest BCUT2D eigenvalue weighted by molar-refractivity contribution is -0.120. The first-order chi connectivity index (χ1) is 7.31. The fourth-order valence-corrected chi connectivity index (χ4v) is 2.17. The van der Waals surface area contributed by atoms with Gasteiger partial charge in [-0.2, -0.15) is 0 Å². The van der Waals surface area contributed by atoms with Crippen molar-refractivity contribution in [2.75, 3.05) is 7.11 Å². The molecule has 1 aliphatic rings. The first kappa shape index (κ1) is 10.1. The van der Waals surface area contributed by atoms with E-state index in [1.165, 1.54) is 0 Å². The zero-order valence-electron chi connectivity index (χ0n) is 8.90. The smallest absolute Gasteiger partial charge is 0.216 e. The molecule has 0 aromatic carbocycles. The number of nitrogens with zero attached hydrogens (tertiary/aromatic N) is 1. The predicted octanol–water partition coefficient (Wildman–Crippen LogP) is 2.32. The summed E-state index contributed by atoms with van der Waals surface area (Å²) in [6.45, 7) is 0. The summed E-state index contributed by atoms with van der Waals surface area (Å²) < 4.78 is 5.21. The van der Waals surface area contributed by atoms with Gasteiger partial charge < -0.3 is 4.74 Å². The number of ketones is 1. The fourth-order valence-electron chi connectivity index (χ4n) is 2.17. The maximum Gasteiger partial charge on any atom is 0.216 e. The van der Waals surface area contributed by atoms with Gasteiger partial charge in [0.1, 0.15) is 5.78 Å². The first-order valence-electron chi connectivity index (χ1n) is 5.32. The van der Waals surface area contributed by atoms with Gasteiger partial charge in [-0.15, -0.1) is 0 Å². The molecule has 0 aliphatic heterocycles. The monoisotopic (exact) mass is 205 g/mol. The van der Waals surface area contributed by atoms with Crippen LogP contribution in [0.15, 0.2) is 18.3 Å². The van der Waals surface area contributed by atoms with Gasteiger partial charge >= 0.3 is 0 Å². The van der Waals surface area contributed by atoms with Crippen molar-refractivity contribution >= 4 is 5.78 Å². The van der Waals surface area contributed by atoms with Gasteiger partial charge in [0.15, 0.2) is 0 Å². The van der Waals surface area contributed by atoms with Gasteiger partial charge in [0, 0.05) is 24.6 Å². The number of Topliss-reactive ketones (excluding diaryl/α,β-unsaturated/α-hetero) is 1. The number of methoxy groups -OCH3 is 1. The molecular formula is C12H15NO2. The summed E-state index contributed by atoms with van der Waals surface area (Å²) >= 11 is 0. The van der Waals surface area contributed by atoms with E-state index >= 15 is 0 Å². The summed E-state index contributed by atoms with van der Waals surface area (Å²) in [6.07, 6.45) is 5.14. The molecule has 80 valence electrons. The molecule has 0 amide bonds. The second-order valence-electron chi connectivity index (χ2n) is 3.93. The molecule has 1 heterocycles. The van der Waals surface area contributed by atoms with Crippen molar-refractivity contribution in [3.63, 3.8) is 0 Å². The van der Waals surface area contributed by atoms with Gasteiger partial charge in [-0.3, -0.25) is 4.79 Å².